The molecule has 0 aliphatic heterocycles. The number of carbonyl (C=O) groups is 1. The van der Waals surface area contributed by atoms with Crippen LogP contribution in [-0.2, 0) is 0 Å². The molecule has 0 atom stereocenters. The maximum Gasteiger partial charge on any atom is 0.152 e. The lowest BCUT2D eigenvalue weighted by molar-refractivity contribution is 0.112. The average molecular weight is 171 g/mol. The molecule has 2 N–H and O–H groups in total. The van der Waals surface area contributed by atoms with Gasteiger partial charge in [0.05, 0.1) is 0 Å². The molecule has 0 aromatic carbocycles. The molecule has 0 aromatic rings. The first-order valence-corrected chi connectivity index (χ1v) is 4.05. The van der Waals surface area contributed by atoms with Crippen molar-refractivity contribution in [2.45, 2.75) is 0 Å². The van der Waals surface area contributed by atoms with Crippen LogP contribution >= 0.6 is 0 Å². The monoisotopic (exact) mass is 171 g/mol. The lowest BCUT2D eigenvalue weighted by Gasteiger charge is -1.91. The number of rotatable bonds is 1. The fourth-order valence-electron chi connectivity index (χ4n) is 1.46. The van der Waals surface area contributed by atoms with Gasteiger partial charge in [-0.1, -0.05) is 30.3 Å². The van der Waals surface area contributed by atoms with E-state index in [4.69, 9.17) is 5.73 Å². The molecule has 0 aromatic heterocycles. The third-order valence-corrected chi connectivity index (χ3v) is 2.10. The van der Waals surface area contributed by atoms with Crippen LogP contribution in [0.25, 0.3) is 11.1 Å². The van der Waals surface area contributed by atoms with Gasteiger partial charge in [-0.15, -0.1) is 0 Å². The molecule has 2 rings (SSSR count). The van der Waals surface area contributed by atoms with Crippen LogP contribution in [0.4, 0.5) is 5.69 Å². The van der Waals surface area contributed by atoms with Gasteiger partial charge in [0, 0.05) is 11.3 Å². The summed E-state index contributed by atoms with van der Waals surface area (Å²) in [7, 11) is 0. The van der Waals surface area contributed by atoms with Gasteiger partial charge in [-0.3, -0.25) is 4.79 Å². The van der Waals surface area contributed by atoms with Crippen LogP contribution in [0.3, 0.4) is 0 Å². The Bertz CT molecular complexity index is 423. The van der Waals surface area contributed by atoms with E-state index in [1.807, 2.05) is 36.4 Å². The lowest BCUT2D eigenvalue weighted by Crippen LogP contribution is -1.86. The Kier molecular flexibility index (Phi) is 1.74. The first-order valence-electron chi connectivity index (χ1n) is 4.05. The molecule has 0 amide bonds. The standard InChI is InChI=1S/C11H9NO/c12-11-6-8-4-2-1-3-5-9(8)10(11)7-13/h1-7H,12H2. The Hall–Kier alpha value is -1.83. The van der Waals surface area contributed by atoms with Crippen molar-refractivity contribution in [2.24, 2.45) is 0 Å². The lowest BCUT2D eigenvalue weighted by atomic mass is 10.1. The van der Waals surface area contributed by atoms with Gasteiger partial charge in [0.2, 0.25) is 0 Å². The summed E-state index contributed by atoms with van der Waals surface area (Å²) in [4.78, 5) is 10.7. The smallest absolute Gasteiger partial charge is 0.152 e. The molecule has 64 valence electrons. The largest absolute Gasteiger partial charge is 0.398 e. The van der Waals surface area contributed by atoms with Gasteiger partial charge in [0.25, 0.3) is 0 Å². The van der Waals surface area contributed by atoms with E-state index in [-0.39, 0.29) is 0 Å². The zero-order valence-corrected chi connectivity index (χ0v) is 7.03. The van der Waals surface area contributed by atoms with Crippen molar-refractivity contribution in [3.8, 4) is 11.1 Å². The number of carbonyl (C=O) groups excluding carboxylic acids is 1. The zero-order valence-electron chi connectivity index (χ0n) is 7.03. The second kappa shape index (κ2) is 2.90. The van der Waals surface area contributed by atoms with E-state index in [0.717, 1.165) is 17.4 Å². The summed E-state index contributed by atoms with van der Waals surface area (Å²) in [5.74, 6) is 0. The van der Waals surface area contributed by atoms with E-state index >= 15 is 0 Å². The molecule has 0 saturated heterocycles. The van der Waals surface area contributed by atoms with Gasteiger partial charge in [0.1, 0.15) is 0 Å². The summed E-state index contributed by atoms with van der Waals surface area (Å²) in [6, 6.07) is 11.4. The Morgan fingerprint density at radius 3 is 2.69 bits per heavy atom. The van der Waals surface area contributed by atoms with E-state index in [1.165, 1.54) is 0 Å². The minimum atomic E-state index is 0.552. The minimum absolute atomic E-state index is 0.552. The van der Waals surface area contributed by atoms with Gasteiger partial charge >= 0.3 is 0 Å². The molecule has 2 aliphatic carbocycles. The highest BCUT2D eigenvalue weighted by atomic mass is 16.1. The van der Waals surface area contributed by atoms with Crippen molar-refractivity contribution in [2.75, 3.05) is 5.73 Å². The predicted octanol–water partition coefficient (Wildman–Crippen LogP) is 2.19. The van der Waals surface area contributed by atoms with Gasteiger partial charge in [-0.05, 0) is 17.2 Å². The van der Waals surface area contributed by atoms with E-state index in [9.17, 15) is 4.79 Å². The summed E-state index contributed by atoms with van der Waals surface area (Å²) < 4.78 is 0. The van der Waals surface area contributed by atoms with Crippen molar-refractivity contribution in [1.29, 1.82) is 0 Å². The number of nitrogens with two attached hydrogens (primary N) is 1. The van der Waals surface area contributed by atoms with Crippen LogP contribution < -0.4 is 5.73 Å². The van der Waals surface area contributed by atoms with Crippen LogP contribution in [0.5, 0.6) is 0 Å². The van der Waals surface area contributed by atoms with Crippen molar-refractivity contribution in [1.82, 2.24) is 0 Å². The SMILES string of the molecule is Nc1cc2cccccc-2c1C=O. The number of hydrogen-bond acceptors (Lipinski definition) is 2. The van der Waals surface area contributed by atoms with Gasteiger partial charge in [-0.2, -0.15) is 0 Å². The van der Waals surface area contributed by atoms with Crippen molar-refractivity contribution in [3.63, 3.8) is 0 Å². The predicted molar refractivity (Wildman–Crippen MR) is 52.9 cm³/mol. The number of nitrogen functional groups attached to an aromatic ring is 1. The van der Waals surface area contributed by atoms with E-state index < -0.39 is 0 Å². The molecule has 2 aliphatic rings. The Balaban J connectivity index is 2.79. The highest BCUT2D eigenvalue weighted by Gasteiger charge is 2.10. The Morgan fingerprint density at radius 2 is 1.92 bits per heavy atom. The van der Waals surface area contributed by atoms with E-state index in [2.05, 4.69) is 0 Å². The maximum absolute atomic E-state index is 10.7. The summed E-state index contributed by atoms with van der Waals surface area (Å²) in [5.41, 5.74) is 8.73. The maximum atomic E-state index is 10.7. The van der Waals surface area contributed by atoms with Crippen LogP contribution in [0.1, 0.15) is 10.4 Å². The molecule has 2 heteroatoms. The van der Waals surface area contributed by atoms with Crippen LogP contribution in [0.15, 0.2) is 36.4 Å². The summed E-state index contributed by atoms with van der Waals surface area (Å²) in [6.45, 7) is 0. The number of hydrogen-bond donors (Lipinski definition) is 1. The van der Waals surface area contributed by atoms with Crippen LogP contribution in [0.2, 0.25) is 0 Å². The second-order valence-electron chi connectivity index (χ2n) is 2.91. The highest BCUT2D eigenvalue weighted by molar-refractivity contribution is 5.97. The number of anilines is 1. The highest BCUT2D eigenvalue weighted by Crippen LogP contribution is 2.31. The Morgan fingerprint density at radius 1 is 1.15 bits per heavy atom. The zero-order chi connectivity index (χ0) is 9.26. The molecule has 13 heavy (non-hydrogen) atoms. The number of fused-ring (bicyclic) bond motifs is 1. The summed E-state index contributed by atoms with van der Waals surface area (Å²) in [5, 5.41) is 0. The molecule has 0 unspecified atom stereocenters. The quantitative estimate of drug-likeness (QED) is 0.668. The van der Waals surface area contributed by atoms with Crippen molar-refractivity contribution < 1.29 is 4.79 Å². The normalized spacial score (nSPS) is 10.2. The molecular formula is C11H9NO. The molecule has 0 radical (unpaired) electrons. The molecule has 0 bridgehead atoms. The summed E-state index contributed by atoms with van der Waals surface area (Å²) in [6.07, 6.45) is 0.803. The topological polar surface area (TPSA) is 43.1 Å². The van der Waals surface area contributed by atoms with E-state index in [0.29, 0.717) is 11.3 Å². The summed E-state index contributed by atoms with van der Waals surface area (Å²) >= 11 is 0. The van der Waals surface area contributed by atoms with E-state index in [1.54, 1.807) is 0 Å². The molecule has 0 saturated carbocycles. The van der Waals surface area contributed by atoms with Crippen molar-refractivity contribution >= 4 is 12.0 Å². The van der Waals surface area contributed by atoms with Crippen LogP contribution in [-0.4, -0.2) is 6.29 Å². The molecule has 2 nitrogen and oxygen atoms in total. The fourth-order valence-corrected chi connectivity index (χ4v) is 1.46. The van der Waals surface area contributed by atoms with Gasteiger partial charge < -0.3 is 5.73 Å². The molecule has 0 heterocycles. The molecular weight excluding hydrogens is 162 g/mol. The first kappa shape index (κ1) is 7.80. The Labute approximate surface area is 76.3 Å². The van der Waals surface area contributed by atoms with Gasteiger partial charge in [0.15, 0.2) is 6.29 Å². The van der Waals surface area contributed by atoms with Crippen molar-refractivity contribution in [3.05, 3.63) is 42.0 Å². The third-order valence-electron chi connectivity index (χ3n) is 2.10. The minimum Gasteiger partial charge on any atom is -0.398 e. The van der Waals surface area contributed by atoms with Gasteiger partial charge in [-0.25, -0.2) is 0 Å². The third kappa shape index (κ3) is 1.16. The molecule has 0 spiro atoms. The van der Waals surface area contributed by atoms with Crippen LogP contribution in [0, 0.1) is 0 Å². The second-order valence-corrected chi connectivity index (χ2v) is 2.91. The number of aldehydes is 1. The first-order chi connectivity index (χ1) is 6.33. The average Bonchev–Trinajstić information content (AvgIpc) is 2.32. The fraction of sp³-hybridized carbons (Fsp3) is 0. The molecule has 0 fully saturated rings.